The van der Waals surface area contributed by atoms with Gasteiger partial charge in [0, 0.05) is 0 Å². The maximum absolute atomic E-state index is 5.71. The second-order valence-corrected chi connectivity index (χ2v) is 4.01. The fourth-order valence-corrected chi connectivity index (χ4v) is 1.49. The first-order valence-corrected chi connectivity index (χ1v) is 5.65. The molecule has 0 saturated heterocycles. The molecule has 0 amide bonds. The molecule has 0 bridgehead atoms. The summed E-state index contributed by atoms with van der Waals surface area (Å²) in [5.41, 5.74) is 1.26. The normalized spacial score (nSPS) is 10.6. The molecular formula is C13H21NO2. The van der Waals surface area contributed by atoms with Crippen LogP contribution in [0.4, 0.5) is 0 Å². The van der Waals surface area contributed by atoms with Gasteiger partial charge in [-0.2, -0.15) is 0 Å². The molecule has 0 aromatic heterocycles. The highest BCUT2D eigenvalue weighted by Gasteiger charge is 2.07. The van der Waals surface area contributed by atoms with E-state index in [9.17, 15) is 0 Å². The molecule has 1 aromatic carbocycles. The minimum Gasteiger partial charge on any atom is -0.493 e. The summed E-state index contributed by atoms with van der Waals surface area (Å²) in [5, 5.41) is 3.13. The maximum atomic E-state index is 5.71. The highest BCUT2D eigenvalue weighted by atomic mass is 16.5. The second-order valence-electron chi connectivity index (χ2n) is 4.01. The fourth-order valence-electron chi connectivity index (χ4n) is 1.49. The number of rotatable bonds is 6. The lowest BCUT2D eigenvalue weighted by Crippen LogP contribution is -2.11. The Kier molecular flexibility index (Phi) is 5.12. The molecule has 16 heavy (non-hydrogen) atoms. The standard InChI is InChI=1S/C13H21NO2/c1-10(2)16-13-9-11(7-8-14-3)5-6-12(13)15-4/h5-6,9-10,14H,7-8H2,1-4H3. The van der Waals surface area contributed by atoms with Gasteiger partial charge in [-0.1, -0.05) is 6.07 Å². The van der Waals surface area contributed by atoms with Crippen molar-refractivity contribution in [1.29, 1.82) is 0 Å². The Hall–Kier alpha value is -1.22. The third kappa shape index (κ3) is 3.74. The zero-order valence-corrected chi connectivity index (χ0v) is 10.5. The third-order valence-electron chi connectivity index (χ3n) is 2.25. The second kappa shape index (κ2) is 6.38. The van der Waals surface area contributed by atoms with Crippen LogP contribution in [-0.4, -0.2) is 26.8 Å². The summed E-state index contributed by atoms with van der Waals surface area (Å²) < 4.78 is 11.0. The van der Waals surface area contributed by atoms with Crippen LogP contribution in [0.5, 0.6) is 11.5 Å². The van der Waals surface area contributed by atoms with Crippen LogP contribution in [0.2, 0.25) is 0 Å². The maximum Gasteiger partial charge on any atom is 0.161 e. The van der Waals surface area contributed by atoms with Crippen LogP contribution in [-0.2, 0) is 6.42 Å². The minimum absolute atomic E-state index is 0.161. The van der Waals surface area contributed by atoms with E-state index in [4.69, 9.17) is 9.47 Å². The van der Waals surface area contributed by atoms with Crippen molar-refractivity contribution in [3.63, 3.8) is 0 Å². The van der Waals surface area contributed by atoms with Crippen molar-refractivity contribution >= 4 is 0 Å². The first kappa shape index (κ1) is 12.8. The van der Waals surface area contributed by atoms with Gasteiger partial charge in [-0.05, 0) is 51.6 Å². The molecule has 1 N–H and O–H groups in total. The topological polar surface area (TPSA) is 30.5 Å². The Morgan fingerprint density at radius 2 is 2.00 bits per heavy atom. The predicted molar refractivity (Wildman–Crippen MR) is 66.4 cm³/mol. The summed E-state index contributed by atoms with van der Waals surface area (Å²) in [5.74, 6) is 1.62. The van der Waals surface area contributed by atoms with Crippen molar-refractivity contribution in [2.45, 2.75) is 26.4 Å². The summed E-state index contributed by atoms with van der Waals surface area (Å²) >= 11 is 0. The van der Waals surface area contributed by atoms with Gasteiger partial charge in [0.25, 0.3) is 0 Å². The molecular weight excluding hydrogens is 202 g/mol. The first-order valence-electron chi connectivity index (χ1n) is 5.65. The SMILES string of the molecule is CNCCc1ccc(OC)c(OC(C)C)c1. The average molecular weight is 223 g/mol. The summed E-state index contributed by atoms with van der Waals surface area (Å²) in [6.45, 7) is 4.99. The number of likely N-dealkylation sites (N-methyl/N-ethyl adjacent to an activating group) is 1. The quantitative estimate of drug-likeness (QED) is 0.802. The van der Waals surface area contributed by atoms with E-state index in [0.717, 1.165) is 24.5 Å². The van der Waals surface area contributed by atoms with Gasteiger partial charge in [0.2, 0.25) is 0 Å². The minimum atomic E-state index is 0.161. The largest absolute Gasteiger partial charge is 0.493 e. The summed E-state index contributed by atoms with van der Waals surface area (Å²) in [4.78, 5) is 0. The van der Waals surface area contributed by atoms with Gasteiger partial charge in [0.15, 0.2) is 11.5 Å². The van der Waals surface area contributed by atoms with Gasteiger partial charge >= 0.3 is 0 Å². The van der Waals surface area contributed by atoms with Gasteiger partial charge in [-0.3, -0.25) is 0 Å². The molecule has 0 aliphatic rings. The molecule has 3 nitrogen and oxygen atoms in total. The van der Waals surface area contributed by atoms with Crippen LogP contribution < -0.4 is 14.8 Å². The van der Waals surface area contributed by atoms with Gasteiger partial charge in [0.05, 0.1) is 13.2 Å². The molecule has 0 atom stereocenters. The smallest absolute Gasteiger partial charge is 0.161 e. The Bertz CT molecular complexity index is 324. The van der Waals surface area contributed by atoms with E-state index in [1.807, 2.05) is 27.0 Å². The number of nitrogens with one attached hydrogen (secondary N) is 1. The zero-order chi connectivity index (χ0) is 12.0. The van der Waals surface area contributed by atoms with E-state index in [1.165, 1.54) is 5.56 Å². The van der Waals surface area contributed by atoms with Crippen molar-refractivity contribution in [2.75, 3.05) is 20.7 Å². The van der Waals surface area contributed by atoms with Crippen molar-refractivity contribution in [1.82, 2.24) is 5.32 Å². The van der Waals surface area contributed by atoms with E-state index < -0.39 is 0 Å². The highest BCUT2D eigenvalue weighted by Crippen LogP contribution is 2.29. The zero-order valence-electron chi connectivity index (χ0n) is 10.5. The van der Waals surface area contributed by atoms with Gasteiger partial charge in [-0.15, -0.1) is 0 Å². The van der Waals surface area contributed by atoms with Crippen LogP contribution in [0.25, 0.3) is 0 Å². The summed E-state index contributed by atoms with van der Waals surface area (Å²) in [6.07, 6.45) is 1.16. The predicted octanol–water partition coefficient (Wildman–Crippen LogP) is 2.24. The van der Waals surface area contributed by atoms with Gasteiger partial charge in [0.1, 0.15) is 0 Å². The number of methoxy groups -OCH3 is 1. The highest BCUT2D eigenvalue weighted by molar-refractivity contribution is 5.43. The van der Waals surface area contributed by atoms with Crippen LogP contribution in [0.15, 0.2) is 18.2 Å². The van der Waals surface area contributed by atoms with Crippen molar-refractivity contribution in [3.05, 3.63) is 23.8 Å². The Morgan fingerprint density at radius 3 is 2.56 bits per heavy atom. The van der Waals surface area contributed by atoms with Crippen molar-refractivity contribution < 1.29 is 9.47 Å². The fraction of sp³-hybridized carbons (Fsp3) is 0.538. The molecule has 0 saturated carbocycles. The molecule has 0 radical (unpaired) electrons. The Labute approximate surface area is 97.8 Å². The number of benzene rings is 1. The Morgan fingerprint density at radius 1 is 1.25 bits per heavy atom. The molecule has 3 heteroatoms. The van der Waals surface area contributed by atoms with Crippen LogP contribution in [0, 0.1) is 0 Å². The van der Waals surface area contributed by atoms with E-state index in [0.29, 0.717) is 0 Å². The van der Waals surface area contributed by atoms with Gasteiger partial charge < -0.3 is 14.8 Å². The molecule has 0 heterocycles. The molecule has 1 rings (SSSR count). The molecule has 0 unspecified atom stereocenters. The van der Waals surface area contributed by atoms with Crippen molar-refractivity contribution in [2.24, 2.45) is 0 Å². The van der Waals surface area contributed by atoms with Crippen LogP contribution >= 0.6 is 0 Å². The summed E-state index contributed by atoms with van der Waals surface area (Å²) in [7, 11) is 3.62. The summed E-state index contributed by atoms with van der Waals surface area (Å²) in [6, 6.07) is 6.09. The van der Waals surface area contributed by atoms with Crippen LogP contribution in [0.1, 0.15) is 19.4 Å². The van der Waals surface area contributed by atoms with E-state index in [-0.39, 0.29) is 6.10 Å². The monoisotopic (exact) mass is 223 g/mol. The molecule has 0 spiro atoms. The molecule has 90 valence electrons. The molecule has 0 aliphatic carbocycles. The van der Waals surface area contributed by atoms with E-state index in [1.54, 1.807) is 7.11 Å². The number of hydrogen-bond donors (Lipinski definition) is 1. The number of ether oxygens (including phenoxy) is 2. The van der Waals surface area contributed by atoms with Crippen LogP contribution in [0.3, 0.4) is 0 Å². The lowest BCUT2D eigenvalue weighted by atomic mass is 10.1. The molecule has 1 aromatic rings. The lowest BCUT2D eigenvalue weighted by molar-refractivity contribution is 0.230. The average Bonchev–Trinajstić information content (AvgIpc) is 2.26. The van der Waals surface area contributed by atoms with Gasteiger partial charge in [-0.25, -0.2) is 0 Å². The van der Waals surface area contributed by atoms with E-state index >= 15 is 0 Å². The molecule has 0 aliphatic heterocycles. The van der Waals surface area contributed by atoms with E-state index in [2.05, 4.69) is 17.4 Å². The third-order valence-corrected chi connectivity index (χ3v) is 2.25. The molecule has 0 fully saturated rings. The van der Waals surface area contributed by atoms with Crippen molar-refractivity contribution in [3.8, 4) is 11.5 Å². The lowest BCUT2D eigenvalue weighted by Gasteiger charge is -2.14. The Balaban J connectivity index is 2.83. The first-order chi connectivity index (χ1) is 7.67. The number of hydrogen-bond acceptors (Lipinski definition) is 3.